The van der Waals surface area contributed by atoms with Crippen LogP contribution < -0.4 is 10.0 Å². The maximum atomic E-state index is 12.9. The zero-order valence-corrected chi connectivity index (χ0v) is 17.5. The van der Waals surface area contributed by atoms with Gasteiger partial charge in [-0.15, -0.1) is 0 Å². The third-order valence-corrected chi connectivity index (χ3v) is 6.10. The average Bonchev–Trinajstić information content (AvgIpc) is 2.70. The van der Waals surface area contributed by atoms with Gasteiger partial charge in [0.15, 0.2) is 0 Å². The lowest BCUT2D eigenvalue weighted by Crippen LogP contribution is -2.28. The van der Waals surface area contributed by atoms with Crippen molar-refractivity contribution < 1.29 is 13.2 Å². The van der Waals surface area contributed by atoms with Gasteiger partial charge in [-0.2, -0.15) is 0 Å². The Morgan fingerprint density at radius 2 is 1.55 bits per heavy atom. The third-order valence-electron chi connectivity index (χ3n) is 4.72. The molecular weight excluding hydrogens is 384 g/mol. The van der Waals surface area contributed by atoms with Crippen LogP contribution in [0.3, 0.4) is 0 Å². The van der Waals surface area contributed by atoms with Crippen LogP contribution in [0, 0.1) is 13.8 Å². The Morgan fingerprint density at radius 1 is 0.897 bits per heavy atom. The Bertz CT molecular complexity index is 1130. The number of benzene rings is 3. The molecule has 2 N–H and O–H groups in total. The lowest BCUT2D eigenvalue weighted by Gasteiger charge is -2.19. The molecule has 1 atom stereocenters. The van der Waals surface area contributed by atoms with E-state index in [2.05, 4.69) is 10.0 Å². The second-order valence-electron chi connectivity index (χ2n) is 7.02. The molecule has 0 radical (unpaired) electrons. The van der Waals surface area contributed by atoms with Crippen molar-refractivity contribution in [3.05, 3.63) is 95.1 Å². The van der Waals surface area contributed by atoms with E-state index in [-0.39, 0.29) is 28.1 Å². The number of anilines is 1. The highest BCUT2D eigenvalue weighted by atomic mass is 32.2. The molecule has 0 aliphatic heterocycles. The van der Waals surface area contributed by atoms with Crippen molar-refractivity contribution >= 4 is 21.6 Å². The number of nitrogens with one attached hydrogen (secondary N) is 2. The molecule has 1 amide bonds. The first-order valence-electron chi connectivity index (χ1n) is 9.33. The van der Waals surface area contributed by atoms with Gasteiger partial charge >= 0.3 is 0 Å². The third kappa shape index (κ3) is 4.84. The minimum atomic E-state index is -3.79. The summed E-state index contributed by atoms with van der Waals surface area (Å²) in [4.78, 5) is 13.1. The van der Waals surface area contributed by atoms with Crippen LogP contribution in [-0.4, -0.2) is 14.3 Å². The normalized spacial score (nSPS) is 12.2. The van der Waals surface area contributed by atoms with Crippen molar-refractivity contribution in [2.45, 2.75) is 31.7 Å². The number of amides is 1. The van der Waals surface area contributed by atoms with Crippen molar-refractivity contribution in [2.24, 2.45) is 0 Å². The fraction of sp³-hybridized carbons (Fsp3) is 0.174. The Morgan fingerprint density at radius 3 is 2.28 bits per heavy atom. The SMILES string of the molecule is Cc1ccc(C)c(C(C)NC(=O)c2ccccc2NS(=O)(=O)c2ccccc2)c1. The second-order valence-corrected chi connectivity index (χ2v) is 8.70. The molecule has 0 bridgehead atoms. The lowest BCUT2D eigenvalue weighted by molar-refractivity contribution is 0.0940. The van der Waals surface area contributed by atoms with Gasteiger partial charge in [0.25, 0.3) is 15.9 Å². The molecule has 150 valence electrons. The van der Waals surface area contributed by atoms with Gasteiger partial charge in [0.05, 0.1) is 22.2 Å². The van der Waals surface area contributed by atoms with Gasteiger partial charge in [-0.1, -0.05) is 54.1 Å². The summed E-state index contributed by atoms with van der Waals surface area (Å²) < 4.78 is 27.8. The molecule has 0 saturated heterocycles. The van der Waals surface area contributed by atoms with E-state index in [9.17, 15) is 13.2 Å². The van der Waals surface area contributed by atoms with Crippen LogP contribution in [0.25, 0.3) is 0 Å². The van der Waals surface area contributed by atoms with Gasteiger partial charge in [0.2, 0.25) is 0 Å². The van der Waals surface area contributed by atoms with Crippen molar-refractivity contribution in [3.63, 3.8) is 0 Å². The Hall–Kier alpha value is -3.12. The van der Waals surface area contributed by atoms with Crippen LogP contribution in [0.4, 0.5) is 5.69 Å². The Labute approximate surface area is 171 Å². The first kappa shape index (κ1) is 20.6. The van der Waals surface area contributed by atoms with Gasteiger partial charge in [-0.25, -0.2) is 8.42 Å². The van der Waals surface area contributed by atoms with Crippen LogP contribution in [0.5, 0.6) is 0 Å². The summed E-state index contributed by atoms with van der Waals surface area (Å²) in [7, 11) is -3.79. The summed E-state index contributed by atoms with van der Waals surface area (Å²) >= 11 is 0. The summed E-state index contributed by atoms with van der Waals surface area (Å²) in [6.07, 6.45) is 0. The first-order chi connectivity index (χ1) is 13.8. The number of sulfonamides is 1. The van der Waals surface area contributed by atoms with E-state index < -0.39 is 10.0 Å². The molecule has 0 aliphatic rings. The fourth-order valence-electron chi connectivity index (χ4n) is 3.15. The number of para-hydroxylation sites is 1. The molecular formula is C23H24N2O3S. The largest absolute Gasteiger partial charge is 0.345 e. The van der Waals surface area contributed by atoms with E-state index in [1.54, 1.807) is 42.5 Å². The van der Waals surface area contributed by atoms with Crippen LogP contribution in [0.15, 0.2) is 77.7 Å². The molecule has 3 aromatic rings. The maximum absolute atomic E-state index is 12.9. The molecule has 3 rings (SSSR count). The van der Waals surface area contributed by atoms with Gasteiger partial charge in [-0.3, -0.25) is 9.52 Å². The standard InChI is InChI=1S/C23H24N2O3S/c1-16-13-14-17(2)21(15-16)18(3)24-23(26)20-11-7-8-12-22(20)25-29(27,28)19-9-5-4-6-10-19/h4-15,18,25H,1-3H3,(H,24,26). The predicted octanol–water partition coefficient (Wildman–Crippen LogP) is 4.60. The highest BCUT2D eigenvalue weighted by Gasteiger charge is 2.20. The molecule has 6 heteroatoms. The van der Waals surface area contributed by atoms with E-state index in [0.29, 0.717) is 0 Å². The number of hydrogen-bond donors (Lipinski definition) is 2. The van der Waals surface area contributed by atoms with Crippen molar-refractivity contribution in [1.82, 2.24) is 5.32 Å². The molecule has 0 spiro atoms. The topological polar surface area (TPSA) is 75.3 Å². The molecule has 0 aliphatic carbocycles. The fourth-order valence-corrected chi connectivity index (χ4v) is 4.25. The Kier molecular flexibility index (Phi) is 6.03. The monoisotopic (exact) mass is 408 g/mol. The highest BCUT2D eigenvalue weighted by molar-refractivity contribution is 7.92. The highest BCUT2D eigenvalue weighted by Crippen LogP contribution is 2.23. The van der Waals surface area contributed by atoms with Crippen LogP contribution in [0.1, 0.15) is 40.0 Å². The smallest absolute Gasteiger partial charge is 0.261 e. The summed E-state index contributed by atoms with van der Waals surface area (Å²) in [6, 6.07) is 20.5. The molecule has 0 saturated carbocycles. The van der Waals surface area contributed by atoms with E-state index in [1.165, 1.54) is 12.1 Å². The van der Waals surface area contributed by atoms with Gasteiger partial charge in [0.1, 0.15) is 0 Å². The van der Waals surface area contributed by atoms with Crippen LogP contribution in [-0.2, 0) is 10.0 Å². The van der Waals surface area contributed by atoms with Crippen LogP contribution in [0.2, 0.25) is 0 Å². The Balaban J connectivity index is 1.85. The summed E-state index contributed by atoms with van der Waals surface area (Å²) in [6.45, 7) is 5.92. The second kappa shape index (κ2) is 8.49. The van der Waals surface area contributed by atoms with Gasteiger partial charge < -0.3 is 5.32 Å². The molecule has 0 aromatic heterocycles. The molecule has 29 heavy (non-hydrogen) atoms. The van der Waals surface area contributed by atoms with Crippen molar-refractivity contribution in [2.75, 3.05) is 4.72 Å². The quantitative estimate of drug-likeness (QED) is 0.626. The number of rotatable bonds is 6. The van der Waals surface area contributed by atoms with Crippen molar-refractivity contribution in [3.8, 4) is 0 Å². The van der Waals surface area contributed by atoms with Gasteiger partial charge in [-0.05, 0) is 56.2 Å². The molecule has 1 unspecified atom stereocenters. The minimum absolute atomic E-state index is 0.138. The molecule has 0 heterocycles. The molecule has 3 aromatic carbocycles. The van der Waals surface area contributed by atoms with Crippen LogP contribution >= 0.6 is 0 Å². The van der Waals surface area contributed by atoms with Crippen molar-refractivity contribution in [1.29, 1.82) is 0 Å². The zero-order chi connectivity index (χ0) is 21.0. The molecule has 5 nitrogen and oxygen atoms in total. The summed E-state index contributed by atoms with van der Waals surface area (Å²) in [5.74, 6) is -0.343. The van der Waals surface area contributed by atoms with E-state index >= 15 is 0 Å². The van der Waals surface area contributed by atoms with Gasteiger partial charge in [0, 0.05) is 0 Å². The van der Waals surface area contributed by atoms with E-state index in [4.69, 9.17) is 0 Å². The number of carbonyl (C=O) groups is 1. The minimum Gasteiger partial charge on any atom is -0.345 e. The summed E-state index contributed by atoms with van der Waals surface area (Å²) in [5, 5.41) is 2.97. The average molecular weight is 409 g/mol. The zero-order valence-electron chi connectivity index (χ0n) is 16.6. The first-order valence-corrected chi connectivity index (χ1v) is 10.8. The number of hydrogen-bond acceptors (Lipinski definition) is 3. The number of carbonyl (C=O) groups excluding carboxylic acids is 1. The van der Waals surface area contributed by atoms with E-state index in [1.807, 2.05) is 39.0 Å². The predicted molar refractivity (Wildman–Crippen MR) is 115 cm³/mol. The maximum Gasteiger partial charge on any atom is 0.261 e. The lowest BCUT2D eigenvalue weighted by atomic mass is 9.99. The number of aryl methyl sites for hydroxylation is 2. The van der Waals surface area contributed by atoms with E-state index in [0.717, 1.165) is 16.7 Å². The summed E-state index contributed by atoms with van der Waals surface area (Å²) in [5.41, 5.74) is 3.73. The molecule has 0 fully saturated rings.